The van der Waals surface area contributed by atoms with Gasteiger partial charge in [0.25, 0.3) is 0 Å². The number of ether oxygens (including phenoxy) is 3. The normalized spacial score (nSPS) is 30.8. The van der Waals surface area contributed by atoms with E-state index in [0.29, 0.717) is 52.3 Å². The number of carbonyl (C=O) groups excluding carboxylic acids is 3. The Hall–Kier alpha value is -3.94. The van der Waals surface area contributed by atoms with Crippen LogP contribution in [0.15, 0.2) is 18.2 Å². The van der Waals surface area contributed by atoms with Gasteiger partial charge in [-0.1, -0.05) is 33.6 Å². The van der Waals surface area contributed by atoms with Crippen molar-refractivity contribution in [2.45, 2.75) is 96.4 Å². The van der Waals surface area contributed by atoms with Crippen LogP contribution in [0, 0.1) is 34.5 Å². The van der Waals surface area contributed by atoms with E-state index < -0.39 is 41.6 Å². The minimum Gasteiger partial charge on any atom is -0.471 e. The molecule has 3 heterocycles. The first-order chi connectivity index (χ1) is 21.0. The smallest absolute Gasteiger partial charge is 0.408 e. The van der Waals surface area contributed by atoms with E-state index in [1.807, 2.05) is 20.8 Å². The number of aryl methyl sites for hydroxylation is 1. The van der Waals surface area contributed by atoms with Crippen molar-refractivity contribution < 1.29 is 28.6 Å². The summed E-state index contributed by atoms with van der Waals surface area (Å²) < 4.78 is 17.5. The van der Waals surface area contributed by atoms with Crippen LogP contribution in [0.4, 0.5) is 4.79 Å². The van der Waals surface area contributed by atoms with E-state index in [1.54, 1.807) is 18.2 Å². The van der Waals surface area contributed by atoms with Crippen LogP contribution in [0.25, 0.3) is 11.0 Å². The number of hydrogen-bond acceptors (Lipinski definition) is 9. The molecule has 2 saturated carbocycles. The number of aromatic nitrogens is 2. The molecular weight excluding hydrogens is 562 g/mol. The molecule has 6 rings (SSSR count). The number of nitrogens with zero attached hydrogens (tertiary/aromatic N) is 4. The van der Waals surface area contributed by atoms with Crippen LogP contribution in [-0.4, -0.2) is 70.8 Å². The van der Waals surface area contributed by atoms with Gasteiger partial charge in [-0.15, -0.1) is 0 Å². The van der Waals surface area contributed by atoms with E-state index in [1.165, 1.54) is 18.4 Å². The molecule has 1 unspecified atom stereocenters. The van der Waals surface area contributed by atoms with Crippen LogP contribution in [0.2, 0.25) is 0 Å². The van der Waals surface area contributed by atoms with Crippen molar-refractivity contribution in [1.29, 1.82) is 5.26 Å². The minimum atomic E-state index is -0.936. The number of rotatable bonds is 1. The molecule has 44 heavy (non-hydrogen) atoms. The highest BCUT2D eigenvalue weighted by atomic mass is 16.6. The number of carbonyl (C=O) groups is 3. The van der Waals surface area contributed by atoms with Crippen molar-refractivity contribution in [1.82, 2.24) is 20.2 Å². The Kier molecular flexibility index (Phi) is 8.12. The summed E-state index contributed by atoms with van der Waals surface area (Å²) in [4.78, 5) is 51.4. The third-order valence-corrected chi connectivity index (χ3v) is 9.75. The molecule has 4 aliphatic rings. The number of methoxy groups -OCH3 is 1. The van der Waals surface area contributed by atoms with E-state index in [4.69, 9.17) is 24.2 Å². The molecule has 1 saturated heterocycles. The largest absolute Gasteiger partial charge is 0.471 e. The first-order valence-corrected chi connectivity index (χ1v) is 15.8. The molecule has 2 aromatic rings. The van der Waals surface area contributed by atoms with Crippen molar-refractivity contribution in [3.63, 3.8) is 0 Å². The van der Waals surface area contributed by atoms with E-state index in [9.17, 15) is 19.6 Å². The van der Waals surface area contributed by atoms with E-state index in [0.717, 1.165) is 32.1 Å². The molecule has 234 valence electrons. The zero-order valence-electron chi connectivity index (χ0n) is 25.9. The highest BCUT2D eigenvalue weighted by Gasteiger charge is 2.54. The van der Waals surface area contributed by atoms with Gasteiger partial charge in [0.1, 0.15) is 30.0 Å². The van der Waals surface area contributed by atoms with Gasteiger partial charge in [0.05, 0.1) is 36.3 Å². The SMILES string of the molecule is COC(=O)[C@@H]1C[C@@H]2CN1C(=O)[C@H](C(C)(C)C)NC(=O)O[C@@H]1CC3C[C@@H]3[C@H]1CCCCCc1nc3ccc(C#N)cc3nc1O2. The van der Waals surface area contributed by atoms with Crippen LogP contribution in [0.1, 0.15) is 77.0 Å². The Labute approximate surface area is 257 Å². The topological polar surface area (TPSA) is 144 Å². The summed E-state index contributed by atoms with van der Waals surface area (Å²) >= 11 is 0. The molecule has 1 N–H and O–H groups in total. The van der Waals surface area contributed by atoms with Crippen molar-refractivity contribution >= 4 is 29.0 Å². The van der Waals surface area contributed by atoms with Gasteiger partial charge in [0, 0.05) is 6.42 Å². The maximum atomic E-state index is 14.1. The van der Waals surface area contributed by atoms with E-state index in [-0.39, 0.29) is 19.1 Å². The first kappa shape index (κ1) is 30.1. The van der Waals surface area contributed by atoms with Gasteiger partial charge in [-0.2, -0.15) is 5.26 Å². The lowest BCUT2D eigenvalue weighted by Crippen LogP contribution is -2.57. The number of nitrogens with one attached hydrogen (secondary N) is 1. The molecule has 2 bridgehead atoms. The zero-order chi connectivity index (χ0) is 31.2. The second kappa shape index (κ2) is 11.9. The molecular formula is C33H41N5O6. The minimum absolute atomic E-state index is 0.105. The molecule has 0 spiro atoms. The van der Waals surface area contributed by atoms with Gasteiger partial charge >= 0.3 is 12.1 Å². The molecule has 2 aliphatic carbocycles. The standard InChI is InChI=1S/C33H41N5O6/c1-33(2,3)28-30(39)38-17-20(15-26(38)31(40)42-4)43-29-24(35-23-11-10-18(16-34)12-25(23)36-29)9-7-5-6-8-21-22-13-19(22)14-27(21)44-32(41)37-28/h10-12,19-22,26-28H,5-9,13-15,17H2,1-4H3,(H,37,41)/t19?,20-,21-,22+,26+,27-,28-/m1/s1. The molecule has 0 radical (unpaired) electrons. The number of nitriles is 1. The summed E-state index contributed by atoms with van der Waals surface area (Å²) in [5.41, 5.74) is 1.74. The fourth-order valence-electron chi connectivity index (χ4n) is 7.35. The summed E-state index contributed by atoms with van der Waals surface area (Å²) in [5, 5.41) is 12.3. The van der Waals surface area contributed by atoms with Crippen molar-refractivity contribution in [3.05, 3.63) is 29.5 Å². The Morgan fingerprint density at radius 2 is 1.89 bits per heavy atom. The van der Waals surface area contributed by atoms with Crippen molar-refractivity contribution in [2.75, 3.05) is 13.7 Å². The number of benzene rings is 1. The second-order valence-corrected chi connectivity index (χ2v) is 13.8. The van der Waals surface area contributed by atoms with Gasteiger partial charge in [-0.3, -0.25) is 4.79 Å². The van der Waals surface area contributed by atoms with Crippen LogP contribution in [0.3, 0.4) is 0 Å². The quantitative estimate of drug-likeness (QED) is 0.472. The lowest BCUT2D eigenvalue weighted by molar-refractivity contribution is -0.152. The summed E-state index contributed by atoms with van der Waals surface area (Å²) in [6.07, 6.45) is 5.47. The van der Waals surface area contributed by atoms with Crippen molar-refractivity contribution in [2.24, 2.45) is 23.2 Å². The number of esters is 1. The van der Waals surface area contributed by atoms with Gasteiger partial charge < -0.3 is 24.4 Å². The Morgan fingerprint density at radius 1 is 1.07 bits per heavy atom. The number of hydrogen-bond donors (Lipinski definition) is 1. The maximum absolute atomic E-state index is 14.1. The molecule has 1 aromatic carbocycles. The van der Waals surface area contributed by atoms with E-state index >= 15 is 0 Å². The van der Waals surface area contributed by atoms with Gasteiger partial charge in [-0.05, 0) is 73.5 Å². The molecule has 7 atom stereocenters. The monoisotopic (exact) mass is 603 g/mol. The van der Waals surface area contributed by atoms with Gasteiger partial charge in [-0.25, -0.2) is 19.6 Å². The maximum Gasteiger partial charge on any atom is 0.408 e. The predicted molar refractivity (Wildman–Crippen MR) is 159 cm³/mol. The fraction of sp³-hybridized carbons (Fsp3) is 0.636. The highest BCUT2D eigenvalue weighted by Crippen LogP contribution is 2.57. The third kappa shape index (κ3) is 6.04. The lowest BCUT2D eigenvalue weighted by atomic mass is 9.85. The van der Waals surface area contributed by atoms with Gasteiger partial charge in [0.15, 0.2) is 0 Å². The Balaban J connectivity index is 1.35. The molecule has 3 fully saturated rings. The molecule has 11 nitrogen and oxygen atoms in total. The second-order valence-electron chi connectivity index (χ2n) is 13.8. The van der Waals surface area contributed by atoms with Crippen LogP contribution < -0.4 is 10.1 Å². The summed E-state index contributed by atoms with van der Waals surface area (Å²) in [6, 6.07) is 5.52. The predicted octanol–water partition coefficient (Wildman–Crippen LogP) is 4.30. The van der Waals surface area contributed by atoms with Crippen LogP contribution in [0.5, 0.6) is 5.88 Å². The third-order valence-electron chi connectivity index (χ3n) is 9.75. The van der Waals surface area contributed by atoms with Gasteiger partial charge in [0.2, 0.25) is 11.8 Å². The average molecular weight is 604 g/mol. The molecule has 2 amide bonds. The lowest BCUT2D eigenvalue weighted by Gasteiger charge is -2.35. The first-order valence-electron chi connectivity index (χ1n) is 15.8. The zero-order valence-corrected chi connectivity index (χ0v) is 25.9. The van der Waals surface area contributed by atoms with Crippen molar-refractivity contribution in [3.8, 4) is 11.9 Å². The molecule has 1 aromatic heterocycles. The Bertz CT molecular complexity index is 1500. The highest BCUT2D eigenvalue weighted by molar-refractivity contribution is 5.91. The number of alkyl carbamates (subject to hydrolysis) is 1. The summed E-state index contributed by atoms with van der Waals surface area (Å²) in [5.74, 6) is 0.940. The fourth-order valence-corrected chi connectivity index (χ4v) is 7.35. The summed E-state index contributed by atoms with van der Waals surface area (Å²) in [7, 11) is 1.29. The van der Waals surface area contributed by atoms with Crippen LogP contribution >= 0.6 is 0 Å². The number of amides is 2. The van der Waals surface area contributed by atoms with Crippen LogP contribution in [-0.2, 0) is 25.5 Å². The molecule has 11 heteroatoms. The van der Waals surface area contributed by atoms with E-state index in [2.05, 4.69) is 11.4 Å². The summed E-state index contributed by atoms with van der Waals surface area (Å²) in [6.45, 7) is 5.73. The average Bonchev–Trinajstić information content (AvgIpc) is 3.48. The molecule has 2 aliphatic heterocycles. The Morgan fingerprint density at radius 3 is 2.64 bits per heavy atom. The number of fused-ring (bicyclic) bond motifs is 7.